The Kier molecular flexibility index (Phi) is 7.53. The molecule has 3 aromatic carbocycles. The second-order valence-electron chi connectivity index (χ2n) is 9.86. The molecule has 0 bridgehead atoms. The van der Waals surface area contributed by atoms with Crippen LogP contribution >= 0.6 is 22.7 Å². The van der Waals surface area contributed by atoms with E-state index in [0.29, 0.717) is 0 Å². The van der Waals surface area contributed by atoms with E-state index in [2.05, 4.69) is 57.9 Å². The van der Waals surface area contributed by atoms with Crippen LogP contribution in [0.2, 0.25) is 0 Å². The van der Waals surface area contributed by atoms with Gasteiger partial charge in [0.15, 0.2) is 0 Å². The zero-order valence-electron chi connectivity index (χ0n) is 23.9. The normalized spacial score (nSPS) is 10.6. The Balaban J connectivity index is 1.24. The summed E-state index contributed by atoms with van der Waals surface area (Å²) in [5.41, 5.74) is 5.79. The lowest BCUT2D eigenvalue weighted by atomic mass is 10.1. The van der Waals surface area contributed by atoms with Crippen molar-refractivity contribution < 1.29 is 9.47 Å². The zero-order valence-corrected chi connectivity index (χ0v) is 25.6. The molecular weight excluding hydrogens is 581 g/mol. The smallest absolute Gasteiger partial charge is 0.145 e. The molecule has 210 valence electrons. The molecule has 0 unspecified atom stereocenters. The Morgan fingerprint density at radius 2 is 1.00 bits per heavy atom. The van der Waals surface area contributed by atoms with E-state index >= 15 is 0 Å². The van der Waals surface area contributed by atoms with E-state index in [9.17, 15) is 0 Å². The lowest BCUT2D eigenvalue weighted by Gasteiger charge is -2.08. The van der Waals surface area contributed by atoms with Crippen molar-refractivity contribution in [2.45, 2.75) is 0 Å². The third kappa shape index (κ3) is 5.41. The Labute approximate surface area is 263 Å². The van der Waals surface area contributed by atoms with Crippen LogP contribution < -0.4 is 9.47 Å². The minimum absolute atomic E-state index is 0.812. The largest absolute Gasteiger partial charge is 0.495 e. The standard InChI is InChI=1S/C38H24N2O2S2/c1-41-35-31-23-29(17-15-25-9-7-11-27(21-25)33-13-3-5-19-39-33)44-38(31)36(42-2)32-24-30(43-37(32)35)18-16-26-10-8-12-28(22-26)34-14-4-6-20-40-34/h3-14,19-24H,1-2H3. The van der Waals surface area contributed by atoms with Gasteiger partial charge in [0, 0.05) is 45.4 Å². The molecule has 0 N–H and O–H groups in total. The van der Waals surface area contributed by atoms with Crippen molar-refractivity contribution in [1.82, 2.24) is 9.97 Å². The Hall–Kier alpha value is -5.40. The highest BCUT2D eigenvalue weighted by Crippen LogP contribution is 2.49. The summed E-state index contributed by atoms with van der Waals surface area (Å²) in [5.74, 6) is 15.0. The fraction of sp³-hybridized carbons (Fsp3) is 0.0526. The fourth-order valence-corrected chi connectivity index (χ4v) is 7.17. The Bertz CT molecular complexity index is 2050. The van der Waals surface area contributed by atoms with Gasteiger partial charge in [-0.25, -0.2) is 0 Å². The number of rotatable bonds is 4. The van der Waals surface area contributed by atoms with E-state index in [1.807, 2.05) is 72.8 Å². The molecule has 7 aromatic rings. The topological polar surface area (TPSA) is 44.2 Å². The third-order valence-corrected chi connectivity index (χ3v) is 9.18. The summed E-state index contributed by atoms with van der Waals surface area (Å²) in [7, 11) is 3.42. The summed E-state index contributed by atoms with van der Waals surface area (Å²) < 4.78 is 14.0. The molecule has 4 nitrogen and oxygen atoms in total. The maximum Gasteiger partial charge on any atom is 0.145 e. The van der Waals surface area contributed by atoms with Gasteiger partial charge in [0.2, 0.25) is 0 Å². The molecule has 0 aliphatic heterocycles. The van der Waals surface area contributed by atoms with Crippen LogP contribution in [0.5, 0.6) is 11.5 Å². The molecular formula is C38H24N2O2S2. The number of pyridine rings is 2. The molecule has 0 fully saturated rings. The summed E-state index contributed by atoms with van der Waals surface area (Å²) >= 11 is 3.21. The van der Waals surface area contributed by atoms with Crippen LogP contribution in [0.25, 0.3) is 42.7 Å². The summed E-state index contributed by atoms with van der Waals surface area (Å²) in [6, 6.07) is 32.3. The minimum Gasteiger partial charge on any atom is -0.495 e. The van der Waals surface area contributed by atoms with Gasteiger partial charge in [0.1, 0.15) is 11.5 Å². The number of methoxy groups -OCH3 is 2. The SMILES string of the molecule is COc1c2cc(C#Cc3cccc(-c4ccccn4)c3)sc2c(OC)c2cc(C#Cc3cccc(-c4ccccn4)c3)sc12. The van der Waals surface area contributed by atoms with Gasteiger partial charge in [-0.2, -0.15) is 0 Å². The van der Waals surface area contributed by atoms with E-state index in [4.69, 9.17) is 9.47 Å². The van der Waals surface area contributed by atoms with Crippen LogP contribution in [-0.4, -0.2) is 24.2 Å². The van der Waals surface area contributed by atoms with Crippen LogP contribution in [-0.2, 0) is 0 Å². The van der Waals surface area contributed by atoms with E-state index < -0.39 is 0 Å². The molecule has 7 rings (SSSR count). The molecule has 0 aliphatic rings. The molecule has 6 heteroatoms. The Morgan fingerprint density at radius 3 is 1.41 bits per heavy atom. The second kappa shape index (κ2) is 12.1. The maximum atomic E-state index is 5.97. The number of nitrogens with zero attached hydrogens (tertiary/aromatic N) is 2. The van der Waals surface area contributed by atoms with Crippen LogP contribution in [0.4, 0.5) is 0 Å². The Morgan fingerprint density at radius 1 is 0.523 bits per heavy atom. The van der Waals surface area contributed by atoms with Crippen LogP contribution in [0.15, 0.2) is 109 Å². The average Bonchev–Trinajstić information content (AvgIpc) is 3.71. The number of aromatic nitrogens is 2. The maximum absolute atomic E-state index is 5.97. The van der Waals surface area contributed by atoms with Gasteiger partial charge in [-0.05, 0) is 60.7 Å². The number of thiophene rings is 2. The highest BCUT2D eigenvalue weighted by molar-refractivity contribution is 7.22. The number of benzene rings is 3. The average molecular weight is 605 g/mol. The number of ether oxygens (including phenoxy) is 2. The quantitative estimate of drug-likeness (QED) is 0.188. The highest BCUT2D eigenvalue weighted by Gasteiger charge is 2.20. The molecule has 0 spiro atoms. The van der Waals surface area contributed by atoms with Gasteiger partial charge >= 0.3 is 0 Å². The molecule has 0 aliphatic carbocycles. The zero-order chi connectivity index (χ0) is 29.9. The van der Waals surface area contributed by atoms with E-state index in [1.165, 1.54) is 0 Å². The lowest BCUT2D eigenvalue weighted by Crippen LogP contribution is -1.88. The molecule has 4 aromatic heterocycles. The predicted molar refractivity (Wildman–Crippen MR) is 182 cm³/mol. The molecule has 0 saturated heterocycles. The summed E-state index contributed by atoms with van der Waals surface area (Å²) in [6.45, 7) is 0. The molecule has 0 amide bonds. The third-order valence-electron chi connectivity index (χ3n) is 7.08. The van der Waals surface area contributed by atoms with E-state index in [-0.39, 0.29) is 0 Å². The van der Waals surface area contributed by atoms with Gasteiger partial charge in [0.05, 0.1) is 44.8 Å². The number of fused-ring (bicyclic) bond motifs is 2. The molecule has 44 heavy (non-hydrogen) atoms. The predicted octanol–water partition coefficient (Wildman–Crippen LogP) is 9.06. The van der Waals surface area contributed by atoms with Crippen LogP contribution in [0, 0.1) is 23.7 Å². The van der Waals surface area contributed by atoms with Crippen molar-refractivity contribution in [2.75, 3.05) is 14.2 Å². The van der Waals surface area contributed by atoms with E-state index in [0.717, 1.165) is 75.1 Å². The van der Waals surface area contributed by atoms with Crippen LogP contribution in [0.1, 0.15) is 20.9 Å². The summed E-state index contributed by atoms with van der Waals surface area (Å²) in [5, 5.41) is 1.97. The van der Waals surface area contributed by atoms with Crippen molar-refractivity contribution >= 4 is 42.8 Å². The molecule has 4 heterocycles. The molecule has 0 radical (unpaired) electrons. The first-order valence-electron chi connectivity index (χ1n) is 13.9. The number of hydrogen-bond donors (Lipinski definition) is 0. The highest BCUT2D eigenvalue weighted by atomic mass is 32.1. The minimum atomic E-state index is 0.812. The van der Waals surface area contributed by atoms with Gasteiger partial charge in [-0.3, -0.25) is 9.97 Å². The van der Waals surface area contributed by atoms with Gasteiger partial charge in [-0.1, -0.05) is 60.1 Å². The molecule has 0 saturated carbocycles. The van der Waals surface area contributed by atoms with Gasteiger partial charge < -0.3 is 9.47 Å². The van der Waals surface area contributed by atoms with Crippen molar-refractivity contribution in [2.24, 2.45) is 0 Å². The van der Waals surface area contributed by atoms with Crippen molar-refractivity contribution in [3.63, 3.8) is 0 Å². The monoisotopic (exact) mass is 604 g/mol. The van der Waals surface area contributed by atoms with Crippen molar-refractivity contribution in [3.05, 3.63) is 130 Å². The first-order chi connectivity index (χ1) is 21.7. The summed E-state index contributed by atoms with van der Waals surface area (Å²) in [6.07, 6.45) is 3.60. The summed E-state index contributed by atoms with van der Waals surface area (Å²) in [4.78, 5) is 10.8. The van der Waals surface area contributed by atoms with Crippen molar-refractivity contribution in [3.8, 4) is 57.7 Å². The second-order valence-corrected chi connectivity index (χ2v) is 12.0. The number of hydrogen-bond acceptors (Lipinski definition) is 6. The first kappa shape index (κ1) is 27.4. The fourth-order valence-electron chi connectivity index (χ4n) is 5.08. The first-order valence-corrected chi connectivity index (χ1v) is 15.5. The van der Waals surface area contributed by atoms with Gasteiger partial charge in [0.25, 0.3) is 0 Å². The van der Waals surface area contributed by atoms with Crippen LogP contribution in [0.3, 0.4) is 0 Å². The van der Waals surface area contributed by atoms with Crippen molar-refractivity contribution in [1.29, 1.82) is 0 Å². The lowest BCUT2D eigenvalue weighted by molar-refractivity contribution is 0.419. The van der Waals surface area contributed by atoms with Gasteiger partial charge in [-0.15, -0.1) is 22.7 Å². The van der Waals surface area contributed by atoms with E-state index in [1.54, 1.807) is 49.3 Å². The molecule has 0 atom stereocenters.